The molecule has 0 aliphatic heterocycles. The average Bonchev–Trinajstić information content (AvgIpc) is 2.05. The lowest BCUT2D eigenvalue weighted by Gasteiger charge is -1.89. The Labute approximate surface area is 78.2 Å². The van der Waals surface area contributed by atoms with E-state index >= 15 is 0 Å². The Kier molecular flexibility index (Phi) is 5.69. The molecule has 0 bridgehead atoms. The van der Waals surface area contributed by atoms with Gasteiger partial charge in [-0.25, -0.2) is 0 Å². The Bertz CT molecular complexity index is 285. The van der Waals surface area contributed by atoms with Gasteiger partial charge in [0, 0.05) is 16.8 Å². The van der Waals surface area contributed by atoms with Gasteiger partial charge in [-0.05, 0) is 12.1 Å². The summed E-state index contributed by atoms with van der Waals surface area (Å²) in [5, 5.41) is 4.03. The molecule has 13 heavy (non-hydrogen) atoms. The molecule has 0 radical (unpaired) electrons. The van der Waals surface area contributed by atoms with E-state index in [1.54, 1.807) is 24.3 Å². The van der Waals surface area contributed by atoms with Gasteiger partial charge < -0.3 is 10.3 Å². The first-order valence-electron chi connectivity index (χ1n) is 3.22. The Hall–Kier alpha value is -1.24. The van der Waals surface area contributed by atoms with Gasteiger partial charge in [-0.15, -0.1) is 0 Å². The maximum atomic E-state index is 10.4. The maximum Gasteiger partial charge on any atom is 0.248 e. The lowest BCUT2D eigenvalue weighted by atomic mass is 10.2. The quantitative estimate of drug-likeness (QED) is 0.599. The summed E-state index contributed by atoms with van der Waals surface area (Å²) in [6.45, 7) is 0. The largest absolute Gasteiger partial charge is 0.760 e. The fraction of sp³-hybridized carbons (Fsp3) is 0. The minimum absolute atomic E-state index is 0.379. The van der Waals surface area contributed by atoms with Crippen molar-refractivity contribution >= 4 is 17.2 Å². The highest BCUT2D eigenvalue weighted by molar-refractivity contribution is 7.76. The van der Waals surface area contributed by atoms with E-state index in [-0.39, 0.29) is 5.91 Å². The highest BCUT2D eigenvalue weighted by Crippen LogP contribution is 1.94. The number of hydrogen-bond acceptors (Lipinski definition) is 3. The zero-order chi connectivity index (χ0) is 10.3. The fourth-order valence-corrected chi connectivity index (χ4v) is 0.602. The summed E-state index contributed by atoms with van der Waals surface area (Å²) in [6, 6.07) is 8.76. The smallest absolute Gasteiger partial charge is 0.248 e. The predicted molar refractivity (Wildman–Crippen MR) is 48.1 cm³/mol. The first-order chi connectivity index (χ1) is 6.04. The summed E-state index contributed by atoms with van der Waals surface area (Å²) < 4.78 is 17.6. The van der Waals surface area contributed by atoms with E-state index in [4.69, 9.17) is 14.5 Å². The fourth-order valence-electron chi connectivity index (χ4n) is 0.602. The normalized spacial score (nSPS) is 10.9. The third-order valence-electron chi connectivity index (χ3n) is 1.06. The van der Waals surface area contributed by atoms with Gasteiger partial charge in [-0.3, -0.25) is 14.1 Å². The number of amides is 1. The van der Waals surface area contributed by atoms with Gasteiger partial charge in [0.1, 0.15) is 0 Å². The van der Waals surface area contributed by atoms with Crippen molar-refractivity contribution < 1.29 is 13.6 Å². The number of primary amides is 1. The van der Waals surface area contributed by atoms with Crippen molar-refractivity contribution in [3.05, 3.63) is 35.9 Å². The van der Waals surface area contributed by atoms with Crippen LogP contribution in [0.2, 0.25) is 0 Å². The number of carbonyl (C=O) groups is 1. The van der Waals surface area contributed by atoms with Crippen LogP contribution in [0.4, 0.5) is 0 Å². The summed E-state index contributed by atoms with van der Waals surface area (Å²) in [5.41, 5.74) is 5.53. The average molecular weight is 201 g/mol. The molecule has 0 saturated heterocycles. The first kappa shape index (κ1) is 11.8. The van der Waals surface area contributed by atoms with Crippen molar-refractivity contribution in [1.82, 2.24) is 0 Å². The van der Waals surface area contributed by atoms with Crippen molar-refractivity contribution in [2.75, 3.05) is 0 Å². The highest BCUT2D eigenvalue weighted by atomic mass is 32.2. The van der Waals surface area contributed by atoms with E-state index in [9.17, 15) is 4.79 Å². The monoisotopic (exact) mass is 201 g/mol. The minimum atomic E-state index is -2.36. The number of rotatable bonds is 1. The van der Waals surface area contributed by atoms with Crippen LogP contribution < -0.4 is 10.9 Å². The van der Waals surface area contributed by atoms with Crippen molar-refractivity contribution in [2.24, 2.45) is 10.9 Å². The van der Waals surface area contributed by atoms with E-state index in [2.05, 4.69) is 5.14 Å². The second kappa shape index (κ2) is 6.30. The summed E-state index contributed by atoms with van der Waals surface area (Å²) in [5.74, 6) is -0.379. The van der Waals surface area contributed by atoms with Crippen molar-refractivity contribution in [2.45, 2.75) is 0 Å². The van der Waals surface area contributed by atoms with Crippen molar-refractivity contribution in [3.63, 3.8) is 0 Å². The van der Waals surface area contributed by atoms with Crippen LogP contribution >= 0.6 is 0 Å². The van der Waals surface area contributed by atoms with Crippen LogP contribution in [0.15, 0.2) is 30.3 Å². The van der Waals surface area contributed by atoms with Crippen LogP contribution in [0.3, 0.4) is 0 Å². The van der Waals surface area contributed by atoms with Crippen LogP contribution in [0.25, 0.3) is 0 Å². The van der Waals surface area contributed by atoms with Crippen molar-refractivity contribution in [1.29, 1.82) is 0 Å². The third-order valence-corrected chi connectivity index (χ3v) is 1.06. The van der Waals surface area contributed by atoms with Gasteiger partial charge in [0.25, 0.3) is 0 Å². The molecular formula is C7H9N2O3S-. The molecule has 1 aromatic rings. The van der Waals surface area contributed by atoms with E-state index in [1.165, 1.54) is 0 Å². The molecule has 1 amide bonds. The molecular weight excluding hydrogens is 192 g/mol. The summed E-state index contributed by atoms with van der Waals surface area (Å²) in [7, 11) is 0. The SMILES string of the molecule is NC(=O)c1ccccc1.NS(=O)[O-]. The number of hydrogen-bond donors (Lipinski definition) is 2. The molecule has 0 aliphatic carbocycles. The van der Waals surface area contributed by atoms with Crippen LogP contribution in [0, 0.1) is 0 Å². The Balaban J connectivity index is 0.000000310. The van der Waals surface area contributed by atoms with E-state index in [0.29, 0.717) is 5.56 Å². The summed E-state index contributed by atoms with van der Waals surface area (Å²) in [6.07, 6.45) is 0. The van der Waals surface area contributed by atoms with Gasteiger partial charge in [0.2, 0.25) is 5.91 Å². The van der Waals surface area contributed by atoms with E-state index in [0.717, 1.165) is 0 Å². The Morgan fingerprint density at radius 3 is 1.92 bits per heavy atom. The van der Waals surface area contributed by atoms with Gasteiger partial charge in [0.05, 0.1) is 0 Å². The molecule has 0 aromatic heterocycles. The molecule has 0 saturated carbocycles. The lowest BCUT2D eigenvalue weighted by Crippen LogP contribution is -2.09. The Morgan fingerprint density at radius 1 is 1.31 bits per heavy atom. The molecule has 0 heterocycles. The summed E-state index contributed by atoms with van der Waals surface area (Å²) >= 11 is -2.36. The minimum Gasteiger partial charge on any atom is -0.760 e. The molecule has 72 valence electrons. The number of carbonyl (C=O) groups excluding carboxylic acids is 1. The molecule has 5 nitrogen and oxygen atoms in total. The second-order valence-electron chi connectivity index (χ2n) is 1.99. The van der Waals surface area contributed by atoms with Gasteiger partial charge >= 0.3 is 0 Å². The molecule has 1 rings (SSSR count). The second-order valence-corrected chi connectivity index (χ2v) is 2.51. The highest BCUT2D eigenvalue weighted by Gasteiger charge is 1.93. The first-order valence-corrected chi connectivity index (χ1v) is 4.36. The molecule has 0 aliphatic rings. The molecule has 1 aromatic carbocycles. The predicted octanol–water partition coefficient (Wildman–Crippen LogP) is -0.475. The number of benzene rings is 1. The van der Waals surface area contributed by atoms with Gasteiger partial charge in [-0.1, -0.05) is 18.2 Å². The van der Waals surface area contributed by atoms with Gasteiger partial charge in [0.15, 0.2) is 0 Å². The van der Waals surface area contributed by atoms with Crippen LogP contribution in [0.5, 0.6) is 0 Å². The molecule has 0 fully saturated rings. The molecule has 1 atom stereocenters. The maximum absolute atomic E-state index is 10.4. The zero-order valence-corrected chi connectivity index (χ0v) is 7.49. The Morgan fingerprint density at radius 2 is 1.69 bits per heavy atom. The van der Waals surface area contributed by atoms with Crippen LogP contribution in [0.1, 0.15) is 10.4 Å². The number of nitrogens with two attached hydrogens (primary N) is 2. The van der Waals surface area contributed by atoms with Crippen LogP contribution in [-0.2, 0) is 11.3 Å². The summed E-state index contributed by atoms with van der Waals surface area (Å²) in [4.78, 5) is 10.4. The van der Waals surface area contributed by atoms with E-state index < -0.39 is 11.3 Å². The standard InChI is InChI=1S/C7H7NO.H3NO2S/c8-7(9)6-4-2-1-3-5-6;1-4(2)3/h1-5H,(H2,8,9);1H2,(H,2,3)/p-1. The topological polar surface area (TPSA) is 109 Å². The lowest BCUT2D eigenvalue weighted by molar-refractivity contribution is 0.100. The third kappa shape index (κ3) is 7.13. The van der Waals surface area contributed by atoms with Crippen LogP contribution in [-0.4, -0.2) is 14.7 Å². The zero-order valence-electron chi connectivity index (χ0n) is 6.67. The van der Waals surface area contributed by atoms with Gasteiger partial charge in [-0.2, -0.15) is 0 Å². The van der Waals surface area contributed by atoms with E-state index in [1.807, 2.05) is 6.07 Å². The van der Waals surface area contributed by atoms with Crippen molar-refractivity contribution in [3.8, 4) is 0 Å². The molecule has 1 unspecified atom stereocenters. The molecule has 6 heteroatoms. The molecule has 0 spiro atoms. The molecule has 4 N–H and O–H groups in total.